The summed E-state index contributed by atoms with van der Waals surface area (Å²) in [6.07, 6.45) is 7.93. The van der Waals surface area contributed by atoms with Gasteiger partial charge in [-0.25, -0.2) is 4.99 Å². The van der Waals surface area contributed by atoms with E-state index in [1.54, 1.807) is 33.2 Å². The lowest BCUT2D eigenvalue weighted by Gasteiger charge is -2.25. The fourth-order valence-electron chi connectivity index (χ4n) is 4.02. The van der Waals surface area contributed by atoms with E-state index in [0.29, 0.717) is 6.04 Å². The second-order valence-electron chi connectivity index (χ2n) is 8.55. The minimum atomic E-state index is -0.00260. The van der Waals surface area contributed by atoms with Gasteiger partial charge >= 0.3 is 0 Å². The number of amides is 1. The van der Waals surface area contributed by atoms with E-state index in [2.05, 4.69) is 26.7 Å². The molecule has 1 aromatic carbocycles. The van der Waals surface area contributed by atoms with Crippen LogP contribution in [0.2, 0.25) is 0 Å². The summed E-state index contributed by atoms with van der Waals surface area (Å²) in [5.41, 5.74) is 2.16. The summed E-state index contributed by atoms with van der Waals surface area (Å²) in [6, 6.07) is 6.45. The third-order valence-electron chi connectivity index (χ3n) is 5.92. The van der Waals surface area contributed by atoms with Gasteiger partial charge in [-0.3, -0.25) is 4.79 Å². The van der Waals surface area contributed by atoms with Gasteiger partial charge in [-0.2, -0.15) is 0 Å². The highest BCUT2D eigenvalue weighted by atomic mass is 127. The van der Waals surface area contributed by atoms with Crippen LogP contribution in [0.4, 0.5) is 0 Å². The van der Waals surface area contributed by atoms with Crippen LogP contribution in [0.5, 0.6) is 11.5 Å². The fraction of sp³-hybridized carbons (Fsp3) is 0.583. The normalized spacial score (nSPS) is 14.5. The third kappa shape index (κ3) is 7.97. The molecule has 0 aliphatic heterocycles. The molecule has 8 nitrogen and oxygen atoms in total. The summed E-state index contributed by atoms with van der Waals surface area (Å²) >= 11 is 0. The Hall–Kier alpha value is -2.17. The number of aryl methyl sites for hydroxylation is 1. The molecule has 2 aromatic rings. The number of rotatable bonds is 9. The zero-order valence-electron chi connectivity index (χ0n) is 20.2. The van der Waals surface area contributed by atoms with E-state index >= 15 is 0 Å². The van der Waals surface area contributed by atoms with Crippen molar-refractivity contribution in [3.8, 4) is 11.5 Å². The van der Waals surface area contributed by atoms with E-state index in [0.717, 1.165) is 66.3 Å². The number of H-pyrrole nitrogens is 1. The number of hydrogen-bond acceptors (Lipinski definition) is 4. The Balaban J connectivity index is 0.00000385. The SMILES string of the molecule is COc1cc(OC)c2cc(CCCNC(=NCC(=O)N(C)C)NC3CCCCC3)[nH]c2c1.I. The number of nitrogens with zero attached hydrogens (tertiary/aromatic N) is 2. The number of aromatic nitrogens is 1. The second-order valence-corrected chi connectivity index (χ2v) is 8.55. The summed E-state index contributed by atoms with van der Waals surface area (Å²) in [7, 11) is 6.84. The molecule has 3 rings (SSSR count). The monoisotopic (exact) mass is 571 g/mol. The number of aliphatic imine (C=N–C) groups is 1. The molecule has 9 heteroatoms. The van der Waals surface area contributed by atoms with Crippen LogP contribution in [-0.2, 0) is 11.2 Å². The van der Waals surface area contributed by atoms with Crippen molar-refractivity contribution < 1.29 is 14.3 Å². The lowest BCUT2D eigenvalue weighted by atomic mass is 9.96. The van der Waals surface area contributed by atoms with Gasteiger partial charge < -0.3 is 30.0 Å². The topological polar surface area (TPSA) is 91.0 Å². The Morgan fingerprint density at radius 1 is 1.15 bits per heavy atom. The summed E-state index contributed by atoms with van der Waals surface area (Å²) < 4.78 is 10.9. The Morgan fingerprint density at radius 2 is 1.91 bits per heavy atom. The van der Waals surface area contributed by atoms with Crippen molar-refractivity contribution in [3.63, 3.8) is 0 Å². The molecule has 0 radical (unpaired) electrons. The van der Waals surface area contributed by atoms with E-state index in [4.69, 9.17) is 9.47 Å². The molecule has 1 aliphatic rings. The van der Waals surface area contributed by atoms with Gasteiger partial charge in [-0.05, 0) is 31.7 Å². The average molecular weight is 572 g/mol. The van der Waals surface area contributed by atoms with Gasteiger partial charge in [0.15, 0.2) is 5.96 Å². The third-order valence-corrected chi connectivity index (χ3v) is 5.92. The molecule has 184 valence electrons. The summed E-state index contributed by atoms with van der Waals surface area (Å²) in [5.74, 6) is 2.30. The standard InChI is InChI=1S/C24H37N5O3.HI/c1-29(2)23(30)16-26-24(28-17-9-6-5-7-10-17)25-12-8-11-18-13-20-21(27-18)14-19(31-3)15-22(20)32-4;/h13-15,17,27H,5-12,16H2,1-4H3,(H2,25,26,28);1H. The van der Waals surface area contributed by atoms with Gasteiger partial charge in [-0.15, -0.1) is 24.0 Å². The predicted molar refractivity (Wildman–Crippen MR) is 144 cm³/mol. The maximum Gasteiger partial charge on any atom is 0.243 e. The Bertz CT molecular complexity index is 922. The molecule has 0 unspecified atom stereocenters. The molecule has 1 aromatic heterocycles. The van der Waals surface area contributed by atoms with Crippen molar-refractivity contribution >= 4 is 46.7 Å². The first-order valence-electron chi connectivity index (χ1n) is 11.5. The van der Waals surface area contributed by atoms with Gasteiger partial charge in [-0.1, -0.05) is 19.3 Å². The minimum absolute atomic E-state index is 0. The van der Waals surface area contributed by atoms with E-state index in [1.807, 2.05) is 12.1 Å². The maximum absolute atomic E-state index is 12.0. The van der Waals surface area contributed by atoms with Gasteiger partial charge in [0, 0.05) is 49.9 Å². The Labute approximate surface area is 213 Å². The van der Waals surface area contributed by atoms with Crippen LogP contribution in [0.3, 0.4) is 0 Å². The molecule has 1 aliphatic carbocycles. The number of carbonyl (C=O) groups excluding carboxylic acids is 1. The molecule has 33 heavy (non-hydrogen) atoms. The molecule has 1 fully saturated rings. The van der Waals surface area contributed by atoms with Gasteiger partial charge in [0.05, 0.1) is 19.7 Å². The minimum Gasteiger partial charge on any atom is -0.497 e. The van der Waals surface area contributed by atoms with E-state index in [1.165, 1.54) is 19.3 Å². The van der Waals surface area contributed by atoms with Crippen LogP contribution < -0.4 is 20.1 Å². The summed E-state index contributed by atoms with van der Waals surface area (Å²) in [5, 5.41) is 8.00. The number of aromatic amines is 1. The number of fused-ring (bicyclic) bond motifs is 1. The molecule has 0 spiro atoms. The van der Waals surface area contributed by atoms with Crippen LogP contribution >= 0.6 is 24.0 Å². The summed E-state index contributed by atoms with van der Waals surface area (Å²) in [6.45, 7) is 0.920. The van der Waals surface area contributed by atoms with Crippen molar-refractivity contribution in [2.45, 2.75) is 51.0 Å². The molecule has 3 N–H and O–H groups in total. The lowest BCUT2D eigenvalue weighted by Crippen LogP contribution is -2.45. The average Bonchev–Trinajstić information content (AvgIpc) is 3.22. The van der Waals surface area contributed by atoms with Crippen molar-refractivity contribution in [1.29, 1.82) is 0 Å². The number of halogens is 1. The first-order chi connectivity index (χ1) is 15.5. The van der Waals surface area contributed by atoms with Crippen molar-refractivity contribution in [1.82, 2.24) is 20.5 Å². The fourth-order valence-corrected chi connectivity index (χ4v) is 4.02. The van der Waals surface area contributed by atoms with E-state index < -0.39 is 0 Å². The number of likely N-dealkylation sites (N-methyl/N-ethyl adjacent to an activating group) is 1. The molecule has 1 heterocycles. The molecule has 1 saturated carbocycles. The maximum atomic E-state index is 12.0. The van der Waals surface area contributed by atoms with Crippen molar-refractivity contribution in [2.75, 3.05) is 41.4 Å². The number of methoxy groups -OCH3 is 2. The molecular formula is C24H38IN5O3. The van der Waals surface area contributed by atoms with Crippen LogP contribution in [0, 0.1) is 0 Å². The van der Waals surface area contributed by atoms with E-state index in [9.17, 15) is 4.79 Å². The molecule has 0 bridgehead atoms. The van der Waals surface area contributed by atoms with Crippen LogP contribution in [-0.4, -0.2) is 69.2 Å². The smallest absolute Gasteiger partial charge is 0.243 e. The Kier molecular flexibility index (Phi) is 11.1. The first kappa shape index (κ1) is 27.1. The zero-order chi connectivity index (χ0) is 22.9. The predicted octanol–water partition coefficient (Wildman–Crippen LogP) is 3.69. The number of ether oxygens (including phenoxy) is 2. The number of carbonyl (C=O) groups is 1. The Morgan fingerprint density at radius 3 is 2.58 bits per heavy atom. The van der Waals surface area contributed by atoms with Gasteiger partial charge in [0.25, 0.3) is 0 Å². The quantitative estimate of drug-likeness (QED) is 0.185. The number of nitrogens with one attached hydrogen (secondary N) is 3. The highest BCUT2D eigenvalue weighted by molar-refractivity contribution is 14.0. The highest BCUT2D eigenvalue weighted by Crippen LogP contribution is 2.31. The number of hydrogen-bond donors (Lipinski definition) is 3. The highest BCUT2D eigenvalue weighted by Gasteiger charge is 2.15. The summed E-state index contributed by atoms with van der Waals surface area (Å²) in [4.78, 5) is 21.5. The number of guanidine groups is 1. The lowest BCUT2D eigenvalue weighted by molar-refractivity contribution is -0.127. The number of benzene rings is 1. The molecular weight excluding hydrogens is 533 g/mol. The zero-order valence-corrected chi connectivity index (χ0v) is 22.5. The van der Waals surface area contributed by atoms with Crippen LogP contribution in [0.25, 0.3) is 10.9 Å². The van der Waals surface area contributed by atoms with Crippen LogP contribution in [0.1, 0.15) is 44.2 Å². The van der Waals surface area contributed by atoms with Crippen molar-refractivity contribution in [2.24, 2.45) is 4.99 Å². The van der Waals surface area contributed by atoms with Gasteiger partial charge in [0.2, 0.25) is 5.91 Å². The second kappa shape index (κ2) is 13.5. The largest absolute Gasteiger partial charge is 0.497 e. The molecule has 0 saturated heterocycles. The molecule has 0 atom stereocenters. The first-order valence-corrected chi connectivity index (χ1v) is 11.5. The van der Waals surface area contributed by atoms with E-state index in [-0.39, 0.29) is 36.4 Å². The van der Waals surface area contributed by atoms with Gasteiger partial charge in [0.1, 0.15) is 18.0 Å². The molecule has 1 amide bonds. The van der Waals surface area contributed by atoms with Crippen LogP contribution in [0.15, 0.2) is 23.2 Å². The van der Waals surface area contributed by atoms with Crippen molar-refractivity contribution in [3.05, 3.63) is 23.9 Å².